The number of carbonyl (C=O) groups excluding carboxylic acids is 1. The van der Waals surface area contributed by atoms with Gasteiger partial charge in [-0.15, -0.1) is 0 Å². The van der Waals surface area contributed by atoms with Crippen LogP contribution in [0, 0.1) is 17.7 Å². The number of fused-ring (bicyclic) bond motifs is 1. The summed E-state index contributed by atoms with van der Waals surface area (Å²) in [4.78, 5) is 23.2. The molecule has 0 unspecified atom stereocenters. The largest absolute Gasteiger partial charge is 0.339 e. The Hall–Kier alpha value is -2.73. The monoisotopic (exact) mass is 520 g/mol. The molecule has 1 aromatic heterocycles. The molecule has 1 fully saturated rings. The second-order valence-corrected chi connectivity index (χ2v) is 11.7. The van der Waals surface area contributed by atoms with Crippen molar-refractivity contribution in [2.24, 2.45) is 11.8 Å². The van der Waals surface area contributed by atoms with Gasteiger partial charge in [-0.25, -0.2) is 9.37 Å². The van der Waals surface area contributed by atoms with Gasteiger partial charge in [0.2, 0.25) is 0 Å². The Kier molecular flexibility index (Phi) is 9.95. The first-order valence-corrected chi connectivity index (χ1v) is 14.6. The van der Waals surface area contributed by atoms with Gasteiger partial charge in [0.1, 0.15) is 11.6 Å². The number of likely N-dealkylation sites (tertiary alicyclic amines) is 1. The summed E-state index contributed by atoms with van der Waals surface area (Å²) >= 11 is 0. The molecule has 1 aliphatic rings. The molecule has 1 saturated heterocycles. The van der Waals surface area contributed by atoms with Crippen LogP contribution in [0.2, 0.25) is 0 Å². The molecule has 2 aromatic carbocycles. The maximum Gasteiger partial charge on any atom is 0.253 e. The Balaban J connectivity index is 1.64. The van der Waals surface area contributed by atoms with Gasteiger partial charge in [-0.05, 0) is 106 Å². The fourth-order valence-electron chi connectivity index (χ4n) is 5.26. The van der Waals surface area contributed by atoms with Gasteiger partial charge < -0.3 is 14.4 Å². The molecule has 1 amide bonds. The SMILES string of the molecule is CC(C)CCN(CCC(C)C)C(=O)c1ccc2nc(-c3ccc(F)cc3)n(CCCN3CCCCC3)c2c1. The van der Waals surface area contributed by atoms with Gasteiger partial charge in [0, 0.05) is 30.8 Å². The molecule has 0 N–H and O–H groups in total. The van der Waals surface area contributed by atoms with Crippen molar-refractivity contribution in [1.82, 2.24) is 19.4 Å². The van der Waals surface area contributed by atoms with Crippen LogP contribution in [-0.4, -0.2) is 58.0 Å². The first-order valence-electron chi connectivity index (χ1n) is 14.6. The molecule has 4 rings (SSSR count). The van der Waals surface area contributed by atoms with Crippen LogP contribution < -0.4 is 0 Å². The lowest BCUT2D eigenvalue weighted by atomic mass is 10.1. The lowest BCUT2D eigenvalue weighted by Crippen LogP contribution is -2.34. The van der Waals surface area contributed by atoms with Gasteiger partial charge in [0.25, 0.3) is 5.91 Å². The predicted molar refractivity (Wildman–Crippen MR) is 155 cm³/mol. The molecule has 0 saturated carbocycles. The van der Waals surface area contributed by atoms with Crippen LogP contribution in [0.1, 0.15) is 76.6 Å². The summed E-state index contributed by atoms with van der Waals surface area (Å²) in [6.07, 6.45) is 6.89. The van der Waals surface area contributed by atoms with Crippen LogP contribution in [0.4, 0.5) is 4.39 Å². The summed E-state index contributed by atoms with van der Waals surface area (Å²) < 4.78 is 15.9. The number of rotatable bonds is 12. The van der Waals surface area contributed by atoms with E-state index in [1.807, 2.05) is 23.1 Å². The second-order valence-electron chi connectivity index (χ2n) is 11.7. The molecular formula is C32H45FN4O. The number of aryl methyl sites for hydroxylation is 1. The summed E-state index contributed by atoms with van der Waals surface area (Å²) in [6.45, 7) is 14.6. The Morgan fingerprint density at radius 2 is 1.58 bits per heavy atom. The van der Waals surface area contributed by atoms with Gasteiger partial charge in [0.15, 0.2) is 0 Å². The third-order valence-corrected chi connectivity index (χ3v) is 7.64. The van der Waals surface area contributed by atoms with Crippen LogP contribution in [0.25, 0.3) is 22.4 Å². The molecule has 0 atom stereocenters. The Morgan fingerprint density at radius 3 is 2.21 bits per heavy atom. The maximum absolute atomic E-state index is 13.7. The number of aromatic nitrogens is 2. The number of imidazole rings is 1. The van der Waals surface area contributed by atoms with E-state index in [1.54, 1.807) is 12.1 Å². The van der Waals surface area contributed by atoms with Crippen molar-refractivity contribution in [2.45, 2.75) is 72.8 Å². The van der Waals surface area contributed by atoms with Gasteiger partial charge in [0.05, 0.1) is 11.0 Å². The molecule has 0 radical (unpaired) electrons. The van der Waals surface area contributed by atoms with Crippen LogP contribution in [0.15, 0.2) is 42.5 Å². The van der Waals surface area contributed by atoms with Crippen LogP contribution in [-0.2, 0) is 6.54 Å². The lowest BCUT2D eigenvalue weighted by molar-refractivity contribution is 0.0741. The van der Waals surface area contributed by atoms with Crippen molar-refractivity contribution in [3.05, 3.63) is 53.8 Å². The molecule has 0 aliphatic carbocycles. The zero-order chi connectivity index (χ0) is 27.1. The van der Waals surface area contributed by atoms with Crippen molar-refractivity contribution < 1.29 is 9.18 Å². The summed E-state index contributed by atoms with van der Waals surface area (Å²) in [5.41, 5.74) is 3.45. The third-order valence-electron chi connectivity index (χ3n) is 7.64. The fraction of sp³-hybridized carbons (Fsp3) is 0.562. The zero-order valence-electron chi connectivity index (χ0n) is 23.8. The van der Waals surface area contributed by atoms with Crippen molar-refractivity contribution in [1.29, 1.82) is 0 Å². The van der Waals surface area contributed by atoms with Gasteiger partial charge in [-0.3, -0.25) is 4.79 Å². The number of carbonyl (C=O) groups is 1. The average molecular weight is 521 g/mol. The van der Waals surface area contributed by atoms with Crippen molar-refractivity contribution in [3.63, 3.8) is 0 Å². The normalized spacial score (nSPS) is 14.6. The molecule has 5 nitrogen and oxygen atoms in total. The molecule has 0 spiro atoms. The zero-order valence-corrected chi connectivity index (χ0v) is 23.8. The topological polar surface area (TPSA) is 41.4 Å². The highest BCUT2D eigenvalue weighted by atomic mass is 19.1. The summed E-state index contributed by atoms with van der Waals surface area (Å²) in [5.74, 6) is 1.77. The molecule has 6 heteroatoms. The van der Waals surface area contributed by atoms with Gasteiger partial charge >= 0.3 is 0 Å². The van der Waals surface area contributed by atoms with Crippen LogP contribution in [0.5, 0.6) is 0 Å². The Labute approximate surface area is 228 Å². The van der Waals surface area contributed by atoms with Crippen molar-refractivity contribution in [3.8, 4) is 11.4 Å². The van der Waals surface area contributed by atoms with E-state index >= 15 is 0 Å². The second kappa shape index (κ2) is 13.4. The van der Waals surface area contributed by atoms with Gasteiger partial charge in [-0.2, -0.15) is 0 Å². The van der Waals surface area contributed by atoms with E-state index in [9.17, 15) is 9.18 Å². The van der Waals surface area contributed by atoms with E-state index < -0.39 is 0 Å². The number of hydrogen-bond donors (Lipinski definition) is 0. The summed E-state index contributed by atoms with van der Waals surface area (Å²) in [6, 6.07) is 12.5. The Morgan fingerprint density at radius 1 is 0.921 bits per heavy atom. The number of halogens is 1. The number of amides is 1. The molecule has 2 heterocycles. The number of hydrogen-bond acceptors (Lipinski definition) is 3. The fourth-order valence-corrected chi connectivity index (χ4v) is 5.26. The van der Waals surface area contributed by atoms with Crippen LogP contribution in [0.3, 0.4) is 0 Å². The number of benzene rings is 2. The van der Waals surface area contributed by atoms with E-state index in [1.165, 1.54) is 44.5 Å². The number of nitrogens with zero attached hydrogens (tertiary/aromatic N) is 4. The minimum absolute atomic E-state index is 0.0950. The quantitative estimate of drug-likeness (QED) is 0.252. The summed E-state index contributed by atoms with van der Waals surface area (Å²) in [7, 11) is 0. The highest BCUT2D eigenvalue weighted by Gasteiger charge is 2.20. The summed E-state index contributed by atoms with van der Waals surface area (Å²) in [5, 5.41) is 0. The maximum atomic E-state index is 13.7. The predicted octanol–water partition coefficient (Wildman–Crippen LogP) is 7.25. The first kappa shape index (κ1) is 28.3. The molecule has 38 heavy (non-hydrogen) atoms. The molecule has 3 aromatic rings. The Bertz CT molecular complexity index is 1170. The highest BCUT2D eigenvalue weighted by Crippen LogP contribution is 2.27. The molecule has 206 valence electrons. The molecule has 1 aliphatic heterocycles. The average Bonchev–Trinajstić information content (AvgIpc) is 3.27. The highest BCUT2D eigenvalue weighted by molar-refractivity contribution is 5.98. The molecule has 0 bridgehead atoms. The van der Waals surface area contributed by atoms with E-state index in [0.717, 1.165) is 67.9 Å². The lowest BCUT2D eigenvalue weighted by Gasteiger charge is -2.26. The van der Waals surface area contributed by atoms with E-state index in [2.05, 4.69) is 37.2 Å². The molecular weight excluding hydrogens is 475 g/mol. The van der Waals surface area contributed by atoms with Gasteiger partial charge in [-0.1, -0.05) is 34.1 Å². The minimum atomic E-state index is -0.253. The van der Waals surface area contributed by atoms with E-state index in [4.69, 9.17) is 4.98 Å². The first-order chi connectivity index (χ1) is 18.3. The standard InChI is InChI=1S/C32H45FN4O/c1-24(2)15-21-36(22-16-25(3)4)32(38)27-11-14-29-30(23-27)37(20-8-19-35-17-6-5-7-18-35)31(34-29)26-9-12-28(33)13-10-26/h9-14,23-25H,5-8,15-22H2,1-4H3. The van der Waals surface area contributed by atoms with E-state index in [-0.39, 0.29) is 11.7 Å². The van der Waals surface area contributed by atoms with E-state index in [0.29, 0.717) is 17.4 Å². The smallest absolute Gasteiger partial charge is 0.253 e. The van der Waals surface area contributed by atoms with Crippen LogP contribution >= 0.6 is 0 Å². The van der Waals surface area contributed by atoms with Crippen molar-refractivity contribution in [2.75, 3.05) is 32.7 Å². The van der Waals surface area contributed by atoms with Crippen molar-refractivity contribution >= 4 is 16.9 Å². The minimum Gasteiger partial charge on any atom is -0.339 e. The number of piperidine rings is 1. The third kappa shape index (κ3) is 7.43.